The Morgan fingerprint density at radius 2 is 1.86 bits per heavy atom. The van der Waals surface area contributed by atoms with Gasteiger partial charge in [0.15, 0.2) is 0 Å². The van der Waals surface area contributed by atoms with Crippen molar-refractivity contribution >= 4 is 5.97 Å². The molecule has 3 rings (SSSR count). The van der Waals surface area contributed by atoms with E-state index in [4.69, 9.17) is 9.47 Å². The molecule has 1 aliphatic carbocycles. The molecule has 0 bridgehead atoms. The molecule has 2 fully saturated rings. The normalized spacial score (nSPS) is 22.5. The zero-order valence-electron chi connectivity index (χ0n) is 12.4. The number of ether oxygens (including phenoxy) is 2. The maximum Gasteiger partial charge on any atom is 0.314 e. The first-order chi connectivity index (χ1) is 10.0. The van der Waals surface area contributed by atoms with Crippen molar-refractivity contribution in [3.63, 3.8) is 0 Å². The first-order valence-corrected chi connectivity index (χ1v) is 7.59. The average molecular weight is 290 g/mol. The van der Waals surface area contributed by atoms with Crippen LogP contribution in [0.4, 0.5) is 0 Å². The number of carboxylic acid groups (broad SMARTS) is 1. The second-order valence-electron chi connectivity index (χ2n) is 6.71. The fraction of sp³-hybridized carbons (Fsp3) is 0.588. The lowest BCUT2D eigenvalue weighted by atomic mass is 9.79. The van der Waals surface area contributed by atoms with Gasteiger partial charge in [-0.05, 0) is 30.5 Å². The maximum atomic E-state index is 11.7. The molecule has 1 saturated heterocycles. The van der Waals surface area contributed by atoms with Crippen LogP contribution in [0.2, 0.25) is 0 Å². The number of carboxylic acids is 1. The average Bonchev–Trinajstić information content (AvgIpc) is 2.94. The zero-order chi connectivity index (χ0) is 14.9. The van der Waals surface area contributed by atoms with Crippen molar-refractivity contribution in [1.82, 2.24) is 0 Å². The zero-order valence-corrected chi connectivity index (χ0v) is 12.4. The minimum absolute atomic E-state index is 0.117. The minimum Gasteiger partial charge on any atom is -0.493 e. The van der Waals surface area contributed by atoms with Gasteiger partial charge in [0.1, 0.15) is 5.75 Å². The van der Waals surface area contributed by atoms with E-state index < -0.39 is 11.4 Å². The summed E-state index contributed by atoms with van der Waals surface area (Å²) in [4.78, 5) is 11.7. The summed E-state index contributed by atoms with van der Waals surface area (Å²) in [6.07, 6.45) is 3.45. The number of benzene rings is 1. The molecule has 2 aliphatic rings. The van der Waals surface area contributed by atoms with Gasteiger partial charge in [0, 0.05) is 5.41 Å². The van der Waals surface area contributed by atoms with Crippen LogP contribution in [0.5, 0.6) is 5.75 Å². The topological polar surface area (TPSA) is 55.8 Å². The summed E-state index contributed by atoms with van der Waals surface area (Å²) >= 11 is 0. The second kappa shape index (κ2) is 5.34. The van der Waals surface area contributed by atoms with Crippen LogP contribution >= 0.6 is 0 Å². The molecule has 114 valence electrons. The lowest BCUT2D eigenvalue weighted by Gasteiger charge is -2.37. The largest absolute Gasteiger partial charge is 0.493 e. The van der Waals surface area contributed by atoms with E-state index >= 15 is 0 Å². The Morgan fingerprint density at radius 3 is 2.33 bits per heavy atom. The Bertz CT molecular complexity index is 510. The van der Waals surface area contributed by atoms with Gasteiger partial charge in [0.2, 0.25) is 0 Å². The van der Waals surface area contributed by atoms with Crippen molar-refractivity contribution in [1.29, 1.82) is 0 Å². The molecule has 1 heterocycles. The van der Waals surface area contributed by atoms with Crippen molar-refractivity contribution in [2.45, 2.75) is 38.0 Å². The first-order valence-electron chi connectivity index (χ1n) is 7.59. The SMILES string of the molecule is CC1(COc2ccc(C3(C(=O)O)CCCC3)cc2)COC1. The molecule has 1 N–H and O–H groups in total. The van der Waals surface area contributed by atoms with Crippen LogP contribution < -0.4 is 4.74 Å². The molecule has 0 atom stereocenters. The number of hydrogen-bond acceptors (Lipinski definition) is 3. The summed E-state index contributed by atoms with van der Waals surface area (Å²) in [5, 5.41) is 9.59. The molecular weight excluding hydrogens is 268 g/mol. The molecular formula is C17H22O4. The monoisotopic (exact) mass is 290 g/mol. The molecule has 1 aromatic carbocycles. The molecule has 4 heteroatoms. The molecule has 21 heavy (non-hydrogen) atoms. The van der Waals surface area contributed by atoms with E-state index in [1.807, 2.05) is 24.3 Å². The summed E-state index contributed by atoms with van der Waals surface area (Å²) in [5.74, 6) is 0.0956. The third-order valence-electron chi connectivity index (χ3n) is 4.76. The van der Waals surface area contributed by atoms with E-state index in [0.29, 0.717) is 6.61 Å². The summed E-state index contributed by atoms with van der Waals surface area (Å²) in [5.41, 5.74) is 0.330. The van der Waals surface area contributed by atoms with Gasteiger partial charge in [-0.15, -0.1) is 0 Å². The molecule has 1 aliphatic heterocycles. The molecule has 0 amide bonds. The Kier molecular flexibility index (Phi) is 3.66. The fourth-order valence-corrected chi connectivity index (χ4v) is 3.27. The van der Waals surface area contributed by atoms with E-state index in [2.05, 4.69) is 6.92 Å². The highest BCUT2D eigenvalue weighted by Crippen LogP contribution is 2.41. The van der Waals surface area contributed by atoms with Gasteiger partial charge in [0.05, 0.1) is 25.2 Å². The Labute approximate surface area is 125 Å². The van der Waals surface area contributed by atoms with Crippen LogP contribution in [0, 0.1) is 5.41 Å². The van der Waals surface area contributed by atoms with Crippen LogP contribution in [-0.4, -0.2) is 30.9 Å². The van der Waals surface area contributed by atoms with Crippen molar-refractivity contribution in [3.05, 3.63) is 29.8 Å². The van der Waals surface area contributed by atoms with E-state index in [0.717, 1.165) is 50.2 Å². The number of hydrogen-bond donors (Lipinski definition) is 1. The smallest absolute Gasteiger partial charge is 0.314 e. The van der Waals surface area contributed by atoms with E-state index in [1.54, 1.807) is 0 Å². The van der Waals surface area contributed by atoms with Gasteiger partial charge in [-0.3, -0.25) is 4.79 Å². The van der Waals surface area contributed by atoms with Crippen LogP contribution in [0.15, 0.2) is 24.3 Å². The molecule has 4 nitrogen and oxygen atoms in total. The second-order valence-corrected chi connectivity index (χ2v) is 6.71. The third-order valence-corrected chi connectivity index (χ3v) is 4.76. The van der Waals surface area contributed by atoms with Crippen LogP contribution in [0.1, 0.15) is 38.2 Å². The maximum absolute atomic E-state index is 11.7. The highest BCUT2D eigenvalue weighted by molar-refractivity contribution is 5.81. The van der Waals surface area contributed by atoms with Crippen LogP contribution in [-0.2, 0) is 14.9 Å². The van der Waals surface area contributed by atoms with E-state index in [-0.39, 0.29) is 5.41 Å². The Balaban J connectivity index is 1.70. The van der Waals surface area contributed by atoms with Gasteiger partial charge in [-0.2, -0.15) is 0 Å². The van der Waals surface area contributed by atoms with Gasteiger partial charge < -0.3 is 14.6 Å². The van der Waals surface area contributed by atoms with Crippen LogP contribution in [0.3, 0.4) is 0 Å². The third kappa shape index (κ3) is 2.64. The van der Waals surface area contributed by atoms with Crippen molar-refractivity contribution in [2.75, 3.05) is 19.8 Å². The molecule has 0 radical (unpaired) electrons. The van der Waals surface area contributed by atoms with Gasteiger partial charge in [-0.1, -0.05) is 31.9 Å². The molecule has 1 aromatic rings. The number of aliphatic carboxylic acids is 1. The summed E-state index contributed by atoms with van der Waals surface area (Å²) in [6.45, 7) is 4.26. The predicted octanol–water partition coefficient (Wildman–Crippen LogP) is 3.00. The van der Waals surface area contributed by atoms with Gasteiger partial charge in [-0.25, -0.2) is 0 Å². The Morgan fingerprint density at radius 1 is 1.24 bits per heavy atom. The molecule has 0 unspecified atom stereocenters. The minimum atomic E-state index is -0.701. The summed E-state index contributed by atoms with van der Waals surface area (Å²) < 4.78 is 11.0. The number of rotatable bonds is 5. The molecule has 0 aromatic heterocycles. The quantitative estimate of drug-likeness (QED) is 0.905. The fourth-order valence-electron chi connectivity index (χ4n) is 3.27. The van der Waals surface area contributed by atoms with Crippen LogP contribution in [0.25, 0.3) is 0 Å². The summed E-state index contributed by atoms with van der Waals surface area (Å²) in [7, 11) is 0. The highest BCUT2D eigenvalue weighted by Gasteiger charge is 2.42. The van der Waals surface area contributed by atoms with Gasteiger partial charge in [0.25, 0.3) is 0 Å². The molecule has 0 spiro atoms. The first kappa shape index (κ1) is 14.4. The molecule has 1 saturated carbocycles. The standard InChI is InChI=1S/C17H22O4/c1-16(10-20-11-16)12-21-14-6-4-13(5-7-14)17(15(18)19)8-2-3-9-17/h4-7H,2-3,8-12H2,1H3,(H,18,19). The van der Waals surface area contributed by atoms with E-state index in [9.17, 15) is 9.90 Å². The van der Waals surface area contributed by atoms with Crippen molar-refractivity contribution in [3.8, 4) is 5.75 Å². The predicted molar refractivity (Wildman–Crippen MR) is 78.6 cm³/mol. The van der Waals surface area contributed by atoms with Crippen molar-refractivity contribution < 1.29 is 19.4 Å². The number of carbonyl (C=O) groups is 1. The van der Waals surface area contributed by atoms with Gasteiger partial charge >= 0.3 is 5.97 Å². The van der Waals surface area contributed by atoms with Crippen molar-refractivity contribution in [2.24, 2.45) is 5.41 Å². The van der Waals surface area contributed by atoms with E-state index in [1.165, 1.54) is 0 Å². The Hall–Kier alpha value is -1.55. The lowest BCUT2D eigenvalue weighted by molar-refractivity contribution is -0.143. The highest BCUT2D eigenvalue weighted by atomic mass is 16.5. The lowest BCUT2D eigenvalue weighted by Crippen LogP contribution is -2.44. The summed E-state index contributed by atoms with van der Waals surface area (Å²) in [6, 6.07) is 7.60.